The van der Waals surface area contributed by atoms with Gasteiger partial charge in [0.25, 0.3) is 10.0 Å². The first kappa shape index (κ1) is 20.3. The second-order valence-corrected chi connectivity index (χ2v) is 9.16. The molecule has 0 saturated heterocycles. The highest BCUT2D eigenvalue weighted by atomic mass is 35.5. The number of ether oxygens (including phenoxy) is 1. The van der Waals surface area contributed by atoms with Gasteiger partial charge >= 0.3 is 5.97 Å². The van der Waals surface area contributed by atoms with E-state index in [4.69, 9.17) is 11.6 Å². The predicted octanol–water partition coefficient (Wildman–Crippen LogP) is 4.67. The average molecular weight is 437 g/mol. The number of anilines is 1. The lowest BCUT2D eigenvalue weighted by Gasteiger charge is -2.12. The molecule has 146 valence electrons. The average Bonchev–Trinajstić information content (AvgIpc) is 3.14. The van der Waals surface area contributed by atoms with Crippen LogP contribution in [0.25, 0.3) is 10.6 Å². The number of hydrogen-bond donors (Lipinski definition) is 1. The van der Waals surface area contributed by atoms with Crippen LogP contribution in [0.2, 0.25) is 5.02 Å². The number of rotatable bonds is 5. The molecule has 2 aromatic carbocycles. The normalized spacial score (nSPS) is 11.3. The summed E-state index contributed by atoms with van der Waals surface area (Å²) in [7, 11) is -2.49. The summed E-state index contributed by atoms with van der Waals surface area (Å²) in [6, 6.07) is 9.99. The van der Waals surface area contributed by atoms with Gasteiger partial charge in [-0.1, -0.05) is 23.7 Å². The Balaban J connectivity index is 1.92. The third-order valence-corrected chi connectivity index (χ3v) is 6.96. The van der Waals surface area contributed by atoms with Gasteiger partial charge in [-0.2, -0.15) is 0 Å². The zero-order chi connectivity index (χ0) is 20.5. The van der Waals surface area contributed by atoms with Gasteiger partial charge in [-0.3, -0.25) is 4.72 Å². The second-order valence-electron chi connectivity index (χ2n) is 6.07. The summed E-state index contributed by atoms with van der Waals surface area (Å²) in [6.07, 6.45) is 1.43. The van der Waals surface area contributed by atoms with E-state index in [1.807, 2.05) is 0 Å². The van der Waals surface area contributed by atoms with Crippen LogP contribution >= 0.6 is 22.9 Å². The Hall–Kier alpha value is -2.42. The molecule has 3 aromatic rings. The Morgan fingerprint density at radius 1 is 1.18 bits per heavy atom. The van der Waals surface area contributed by atoms with Crippen molar-refractivity contribution >= 4 is 44.6 Å². The van der Waals surface area contributed by atoms with Crippen molar-refractivity contribution in [2.75, 3.05) is 11.8 Å². The van der Waals surface area contributed by atoms with Gasteiger partial charge in [-0.15, -0.1) is 11.3 Å². The minimum atomic E-state index is -3.79. The van der Waals surface area contributed by atoms with Crippen molar-refractivity contribution in [3.63, 3.8) is 0 Å². The zero-order valence-corrected chi connectivity index (χ0v) is 17.7. The molecular formula is C19H17ClN2O4S2. The fourth-order valence-corrected chi connectivity index (χ4v) is 4.98. The van der Waals surface area contributed by atoms with Crippen LogP contribution in [-0.2, 0) is 14.8 Å². The van der Waals surface area contributed by atoms with Gasteiger partial charge in [-0.05, 0) is 49.2 Å². The molecule has 1 aromatic heterocycles. The first-order valence-corrected chi connectivity index (χ1v) is 10.8. The summed E-state index contributed by atoms with van der Waals surface area (Å²) < 4.78 is 32.9. The van der Waals surface area contributed by atoms with Gasteiger partial charge in [-0.25, -0.2) is 18.2 Å². The van der Waals surface area contributed by atoms with Crippen LogP contribution in [0.15, 0.2) is 47.5 Å². The molecule has 28 heavy (non-hydrogen) atoms. The topological polar surface area (TPSA) is 85.4 Å². The Bertz CT molecular complexity index is 1160. The first-order valence-electron chi connectivity index (χ1n) is 8.15. The molecule has 0 aliphatic carbocycles. The molecule has 0 saturated carbocycles. The molecule has 0 aliphatic heterocycles. The molecule has 0 radical (unpaired) electrons. The van der Waals surface area contributed by atoms with Crippen LogP contribution in [0.1, 0.15) is 20.8 Å². The van der Waals surface area contributed by atoms with Crippen molar-refractivity contribution in [2.45, 2.75) is 18.7 Å². The standard InChI is InChI=1S/C19H17ClN2O4S2/c1-11-8-17(12(2)7-15(11)20)28(24,25)22-14-6-4-5-13(9-14)18-21-10-16(27-18)19(23)26-3/h4-10,22H,1-3H3. The minimum Gasteiger partial charge on any atom is -0.465 e. The summed E-state index contributed by atoms with van der Waals surface area (Å²) in [5.74, 6) is -0.464. The number of methoxy groups -OCH3 is 1. The number of nitrogens with one attached hydrogen (secondary N) is 1. The number of carbonyl (C=O) groups excluding carboxylic acids is 1. The number of aromatic nitrogens is 1. The van der Waals surface area contributed by atoms with E-state index in [2.05, 4.69) is 14.4 Å². The molecule has 0 atom stereocenters. The van der Waals surface area contributed by atoms with Crippen LogP contribution in [-0.4, -0.2) is 26.5 Å². The van der Waals surface area contributed by atoms with Gasteiger partial charge in [0, 0.05) is 16.3 Å². The molecule has 6 nitrogen and oxygen atoms in total. The van der Waals surface area contributed by atoms with Crippen molar-refractivity contribution in [2.24, 2.45) is 0 Å². The molecule has 0 amide bonds. The van der Waals surface area contributed by atoms with Gasteiger partial charge in [0.1, 0.15) is 9.88 Å². The van der Waals surface area contributed by atoms with E-state index in [1.165, 1.54) is 24.6 Å². The van der Waals surface area contributed by atoms with Crippen molar-refractivity contribution in [3.05, 3.63) is 63.6 Å². The Kier molecular flexibility index (Phi) is 5.74. The molecule has 3 rings (SSSR count). The lowest BCUT2D eigenvalue weighted by atomic mass is 10.2. The Labute approximate surface area is 172 Å². The maximum absolute atomic E-state index is 12.8. The number of benzene rings is 2. The van der Waals surface area contributed by atoms with E-state index in [0.29, 0.717) is 37.3 Å². The number of sulfonamides is 1. The highest BCUT2D eigenvalue weighted by molar-refractivity contribution is 7.92. The van der Waals surface area contributed by atoms with Crippen LogP contribution in [0.3, 0.4) is 0 Å². The largest absolute Gasteiger partial charge is 0.465 e. The predicted molar refractivity (Wildman–Crippen MR) is 111 cm³/mol. The Morgan fingerprint density at radius 3 is 2.64 bits per heavy atom. The molecule has 9 heteroatoms. The summed E-state index contributed by atoms with van der Waals surface area (Å²) in [4.78, 5) is 16.4. The fourth-order valence-electron chi connectivity index (χ4n) is 2.57. The molecule has 1 N–H and O–H groups in total. The third kappa shape index (κ3) is 4.19. The number of thiazole rings is 1. The highest BCUT2D eigenvalue weighted by Crippen LogP contribution is 2.29. The molecular weight excluding hydrogens is 420 g/mol. The second kappa shape index (κ2) is 7.90. The van der Waals surface area contributed by atoms with Crippen molar-refractivity contribution in [1.82, 2.24) is 4.98 Å². The van der Waals surface area contributed by atoms with E-state index in [1.54, 1.807) is 50.2 Å². The van der Waals surface area contributed by atoms with Gasteiger partial charge in [0.15, 0.2) is 0 Å². The van der Waals surface area contributed by atoms with Crippen LogP contribution < -0.4 is 4.72 Å². The molecule has 0 bridgehead atoms. The molecule has 0 fully saturated rings. The number of hydrogen-bond acceptors (Lipinski definition) is 6. The van der Waals surface area contributed by atoms with Crippen LogP contribution in [0.5, 0.6) is 0 Å². The summed E-state index contributed by atoms with van der Waals surface area (Å²) in [6.45, 7) is 3.45. The summed E-state index contributed by atoms with van der Waals surface area (Å²) in [5, 5.41) is 1.10. The molecule has 0 aliphatic rings. The maximum atomic E-state index is 12.8. The SMILES string of the molecule is COC(=O)c1cnc(-c2cccc(NS(=O)(=O)c3cc(C)c(Cl)cc3C)c2)s1. The minimum absolute atomic E-state index is 0.169. The number of halogens is 1. The third-order valence-electron chi connectivity index (χ3n) is 4.00. The van der Waals surface area contributed by atoms with E-state index in [-0.39, 0.29) is 4.90 Å². The number of aryl methyl sites for hydroxylation is 2. The maximum Gasteiger partial charge on any atom is 0.349 e. The monoisotopic (exact) mass is 436 g/mol. The number of nitrogens with zero attached hydrogens (tertiary/aromatic N) is 1. The fraction of sp³-hybridized carbons (Fsp3) is 0.158. The van der Waals surface area contributed by atoms with Crippen molar-refractivity contribution in [3.8, 4) is 10.6 Å². The number of esters is 1. The van der Waals surface area contributed by atoms with Crippen LogP contribution in [0, 0.1) is 13.8 Å². The van der Waals surface area contributed by atoms with E-state index in [9.17, 15) is 13.2 Å². The summed E-state index contributed by atoms with van der Waals surface area (Å²) >= 11 is 7.24. The highest BCUT2D eigenvalue weighted by Gasteiger charge is 2.19. The van der Waals surface area contributed by atoms with E-state index in [0.717, 1.165) is 0 Å². The smallest absolute Gasteiger partial charge is 0.349 e. The van der Waals surface area contributed by atoms with Gasteiger partial charge in [0.2, 0.25) is 0 Å². The van der Waals surface area contributed by atoms with Crippen molar-refractivity contribution in [1.29, 1.82) is 0 Å². The van der Waals surface area contributed by atoms with E-state index >= 15 is 0 Å². The summed E-state index contributed by atoms with van der Waals surface area (Å²) in [5.41, 5.74) is 2.31. The lowest BCUT2D eigenvalue weighted by molar-refractivity contribution is 0.0606. The zero-order valence-electron chi connectivity index (χ0n) is 15.3. The molecule has 0 unspecified atom stereocenters. The van der Waals surface area contributed by atoms with Crippen molar-refractivity contribution < 1.29 is 17.9 Å². The van der Waals surface area contributed by atoms with E-state index < -0.39 is 16.0 Å². The first-order chi connectivity index (χ1) is 13.2. The number of carbonyl (C=O) groups is 1. The lowest BCUT2D eigenvalue weighted by Crippen LogP contribution is -2.14. The molecule has 1 heterocycles. The van der Waals surface area contributed by atoms with Gasteiger partial charge in [0.05, 0.1) is 18.2 Å². The van der Waals surface area contributed by atoms with Gasteiger partial charge < -0.3 is 4.74 Å². The van der Waals surface area contributed by atoms with Crippen LogP contribution in [0.4, 0.5) is 5.69 Å². The molecule has 0 spiro atoms. The Morgan fingerprint density at radius 2 is 1.93 bits per heavy atom. The quantitative estimate of drug-likeness (QED) is 0.587.